The lowest BCUT2D eigenvalue weighted by Crippen LogP contribution is -2.28. The van der Waals surface area contributed by atoms with Gasteiger partial charge in [0, 0.05) is 0 Å². The third kappa shape index (κ3) is 3.62. The number of alkyl halides is 6. The summed E-state index contributed by atoms with van der Waals surface area (Å²) in [6.07, 6.45) is -4.71. The largest absolute Gasteiger partial charge is 0.534 e. The second-order valence-corrected chi connectivity index (χ2v) is 4.88. The van der Waals surface area contributed by atoms with E-state index in [2.05, 4.69) is 4.18 Å². The molecule has 0 bridgehead atoms. The summed E-state index contributed by atoms with van der Waals surface area (Å²) in [6.45, 7) is 0. The molecule has 0 aliphatic heterocycles. The lowest BCUT2D eigenvalue weighted by atomic mass is 10.1. The first kappa shape index (κ1) is 16.3. The predicted molar refractivity (Wildman–Crippen MR) is 51.8 cm³/mol. The van der Waals surface area contributed by atoms with Gasteiger partial charge in [-0.1, -0.05) is 0 Å². The highest BCUT2D eigenvalue weighted by atomic mass is 32.2. The molecule has 0 atom stereocenters. The maximum atomic E-state index is 12.2. The molecule has 0 fully saturated rings. The zero-order chi connectivity index (χ0) is 15.8. The lowest BCUT2D eigenvalue weighted by molar-refractivity contribution is -0.137. The number of hydrogen-bond donors (Lipinski definition) is 0. The molecular formula is C9H4F6O4S. The molecule has 1 rings (SSSR count). The Morgan fingerprint density at radius 3 is 1.75 bits per heavy atom. The summed E-state index contributed by atoms with van der Waals surface area (Å²) in [5, 5.41) is 0. The van der Waals surface area contributed by atoms with E-state index in [9.17, 15) is 39.6 Å². The van der Waals surface area contributed by atoms with Crippen molar-refractivity contribution in [3.05, 3.63) is 35.4 Å². The summed E-state index contributed by atoms with van der Waals surface area (Å²) in [5.74, 6) is -1.93. The highest BCUT2D eigenvalue weighted by Crippen LogP contribution is 2.30. The van der Waals surface area contributed by atoms with Crippen LogP contribution in [0.15, 0.2) is 24.3 Å². The van der Waals surface area contributed by atoms with Gasteiger partial charge in [0.15, 0.2) is 0 Å². The molecule has 1 aromatic rings. The molecule has 0 amide bonds. The van der Waals surface area contributed by atoms with Crippen molar-refractivity contribution in [2.75, 3.05) is 0 Å². The van der Waals surface area contributed by atoms with Crippen LogP contribution < -0.4 is 0 Å². The summed E-state index contributed by atoms with van der Waals surface area (Å²) in [5.41, 5.74) is -7.74. The van der Waals surface area contributed by atoms with Gasteiger partial charge in [0.25, 0.3) is 0 Å². The van der Waals surface area contributed by atoms with Crippen LogP contribution in [-0.2, 0) is 20.5 Å². The molecule has 4 nitrogen and oxygen atoms in total. The second kappa shape index (κ2) is 4.96. The Balaban J connectivity index is 2.96. The molecule has 0 saturated carbocycles. The zero-order valence-corrected chi connectivity index (χ0v) is 9.93. The third-order valence-electron chi connectivity index (χ3n) is 1.92. The van der Waals surface area contributed by atoms with E-state index in [-0.39, 0.29) is 0 Å². The van der Waals surface area contributed by atoms with Gasteiger partial charge in [-0.2, -0.15) is 34.8 Å². The maximum Gasteiger partial charge on any atom is 0.534 e. The third-order valence-corrected chi connectivity index (χ3v) is 2.85. The van der Waals surface area contributed by atoms with Gasteiger partial charge >= 0.3 is 27.8 Å². The van der Waals surface area contributed by atoms with Gasteiger partial charge in [-0.15, -0.1) is 0 Å². The molecule has 0 spiro atoms. The number of rotatable bonds is 2. The Bertz CT molecular complexity index is 599. The van der Waals surface area contributed by atoms with Gasteiger partial charge < -0.3 is 4.18 Å². The van der Waals surface area contributed by atoms with Gasteiger partial charge in [0.2, 0.25) is 0 Å². The van der Waals surface area contributed by atoms with Crippen LogP contribution >= 0.6 is 0 Å². The Morgan fingerprint density at radius 2 is 1.40 bits per heavy atom. The average Bonchev–Trinajstić information content (AvgIpc) is 2.26. The molecule has 0 aliphatic rings. The van der Waals surface area contributed by atoms with Crippen LogP contribution in [-0.4, -0.2) is 19.9 Å². The topological polar surface area (TPSA) is 60.4 Å². The van der Waals surface area contributed by atoms with Crippen LogP contribution in [0.2, 0.25) is 0 Å². The van der Waals surface area contributed by atoms with Crippen molar-refractivity contribution in [1.82, 2.24) is 0 Å². The monoisotopic (exact) mass is 322 g/mol. The summed E-state index contributed by atoms with van der Waals surface area (Å²) in [7, 11) is -6.16. The van der Waals surface area contributed by atoms with Crippen LogP contribution in [0.4, 0.5) is 26.3 Å². The summed E-state index contributed by atoms with van der Waals surface area (Å²) in [6, 6.07) is 1.79. The summed E-state index contributed by atoms with van der Waals surface area (Å²) >= 11 is 0. The highest BCUT2D eigenvalue weighted by Gasteiger charge is 2.49. The Labute approximate surface area is 108 Å². The first-order valence-corrected chi connectivity index (χ1v) is 5.98. The Hall–Kier alpha value is -1.78. The summed E-state index contributed by atoms with van der Waals surface area (Å²) < 4.78 is 96.6. The van der Waals surface area contributed by atoms with Crippen molar-refractivity contribution in [2.24, 2.45) is 0 Å². The van der Waals surface area contributed by atoms with Gasteiger partial charge in [0.05, 0.1) is 11.1 Å². The molecule has 0 N–H and O–H groups in total. The van der Waals surface area contributed by atoms with E-state index < -0.39 is 38.9 Å². The van der Waals surface area contributed by atoms with E-state index >= 15 is 0 Å². The van der Waals surface area contributed by atoms with Crippen LogP contribution in [0.1, 0.15) is 15.9 Å². The fraction of sp³-hybridized carbons (Fsp3) is 0.222. The number of halogens is 6. The Kier molecular flexibility index (Phi) is 4.04. The maximum absolute atomic E-state index is 12.2. The van der Waals surface area contributed by atoms with Crippen molar-refractivity contribution in [3.8, 4) is 0 Å². The number of hydrogen-bond acceptors (Lipinski definition) is 4. The van der Waals surface area contributed by atoms with E-state index in [4.69, 9.17) is 0 Å². The highest BCUT2D eigenvalue weighted by molar-refractivity contribution is 7.88. The van der Waals surface area contributed by atoms with Gasteiger partial charge in [-0.3, -0.25) is 0 Å². The number of carbonyl (C=O) groups is 1. The minimum atomic E-state index is -6.16. The molecule has 0 radical (unpaired) electrons. The molecule has 0 heterocycles. The van der Waals surface area contributed by atoms with Crippen LogP contribution in [0, 0.1) is 0 Å². The standard InChI is InChI=1S/C9H4F6O4S/c10-8(11,12)6-3-1-5(2-4-6)7(16)19-20(17,18)9(13,14)15/h1-4H. The minimum absolute atomic E-state index is 0.400. The lowest BCUT2D eigenvalue weighted by Gasteiger charge is -2.09. The van der Waals surface area contributed by atoms with Crippen molar-refractivity contribution in [3.63, 3.8) is 0 Å². The molecule has 112 valence electrons. The smallest absolute Gasteiger partial charge is 0.335 e. The molecule has 20 heavy (non-hydrogen) atoms. The predicted octanol–water partition coefficient (Wildman–Crippen LogP) is 2.71. The first-order valence-electron chi connectivity index (χ1n) is 4.57. The van der Waals surface area contributed by atoms with Crippen LogP contribution in [0.3, 0.4) is 0 Å². The zero-order valence-electron chi connectivity index (χ0n) is 9.12. The van der Waals surface area contributed by atoms with Gasteiger partial charge in [0.1, 0.15) is 0 Å². The van der Waals surface area contributed by atoms with Crippen molar-refractivity contribution >= 4 is 16.1 Å². The van der Waals surface area contributed by atoms with E-state index in [1.807, 2.05) is 0 Å². The van der Waals surface area contributed by atoms with Crippen molar-refractivity contribution in [2.45, 2.75) is 11.7 Å². The molecule has 0 unspecified atom stereocenters. The molecular weight excluding hydrogens is 318 g/mol. The van der Waals surface area contributed by atoms with Crippen LogP contribution in [0.5, 0.6) is 0 Å². The molecule has 0 saturated heterocycles. The van der Waals surface area contributed by atoms with E-state index in [1.54, 1.807) is 0 Å². The molecule has 0 aromatic heterocycles. The average molecular weight is 322 g/mol. The van der Waals surface area contributed by atoms with Crippen molar-refractivity contribution in [1.29, 1.82) is 0 Å². The van der Waals surface area contributed by atoms with Crippen LogP contribution in [0.25, 0.3) is 0 Å². The van der Waals surface area contributed by atoms with E-state index in [0.717, 1.165) is 0 Å². The van der Waals surface area contributed by atoms with E-state index in [1.165, 1.54) is 0 Å². The second-order valence-electron chi connectivity index (χ2n) is 3.35. The fourth-order valence-electron chi connectivity index (χ4n) is 0.990. The molecule has 1 aromatic carbocycles. The molecule has 11 heteroatoms. The first-order chi connectivity index (χ1) is 8.84. The van der Waals surface area contributed by atoms with Gasteiger partial charge in [-0.05, 0) is 24.3 Å². The molecule has 0 aliphatic carbocycles. The Morgan fingerprint density at radius 1 is 0.950 bits per heavy atom. The normalized spacial score (nSPS) is 13.1. The van der Waals surface area contributed by atoms with E-state index in [0.29, 0.717) is 24.3 Å². The van der Waals surface area contributed by atoms with Gasteiger partial charge in [-0.25, -0.2) is 4.79 Å². The number of carbonyl (C=O) groups excluding carboxylic acids is 1. The van der Waals surface area contributed by atoms with Crippen molar-refractivity contribution < 1.29 is 43.7 Å². The number of benzene rings is 1. The summed E-state index contributed by atoms with van der Waals surface area (Å²) in [4.78, 5) is 11.1. The fourth-order valence-corrected chi connectivity index (χ4v) is 1.38. The SMILES string of the molecule is O=C(OS(=O)(=O)C(F)(F)F)c1ccc(C(F)(F)F)cc1. The minimum Gasteiger partial charge on any atom is -0.335 e. The quantitative estimate of drug-likeness (QED) is 0.477.